The lowest BCUT2D eigenvalue weighted by Gasteiger charge is -2.19. The molecule has 1 aliphatic rings. The number of halogens is 1. The van der Waals surface area contributed by atoms with Gasteiger partial charge in [0.2, 0.25) is 5.95 Å². The van der Waals surface area contributed by atoms with Crippen molar-refractivity contribution in [2.24, 2.45) is 0 Å². The van der Waals surface area contributed by atoms with Crippen LogP contribution in [0.2, 0.25) is 5.02 Å². The minimum absolute atomic E-state index is 0.0610. The molecule has 1 aromatic carbocycles. The second kappa shape index (κ2) is 10.8. The zero-order valence-electron chi connectivity index (χ0n) is 20.8. The number of aryl methyl sites for hydroxylation is 1. The molecule has 3 aromatic rings. The topological polar surface area (TPSA) is 106 Å². The number of nitrogens with zero attached hydrogens (tertiary/aromatic N) is 3. The zero-order valence-corrected chi connectivity index (χ0v) is 22.4. The molecule has 2 N–H and O–H groups in total. The molecule has 0 bridgehead atoms. The molecule has 8 nitrogen and oxygen atoms in total. The second-order valence-corrected chi connectivity index (χ2v) is 11.8. The average molecular weight is 528 g/mol. The van der Waals surface area contributed by atoms with Gasteiger partial charge in [0.25, 0.3) is 0 Å². The molecule has 0 aliphatic heterocycles. The molecule has 36 heavy (non-hydrogen) atoms. The Kier molecular flexibility index (Phi) is 7.80. The van der Waals surface area contributed by atoms with E-state index in [9.17, 15) is 8.42 Å². The number of aromatic nitrogens is 3. The molecule has 1 aliphatic carbocycles. The number of anilines is 4. The molecule has 190 valence electrons. The van der Waals surface area contributed by atoms with Crippen molar-refractivity contribution in [2.45, 2.75) is 56.7 Å². The number of hydrogen-bond acceptors (Lipinski definition) is 8. The highest BCUT2D eigenvalue weighted by atomic mass is 35.5. The van der Waals surface area contributed by atoms with Gasteiger partial charge >= 0.3 is 0 Å². The number of nitrogens with one attached hydrogen (secondary N) is 2. The fraction of sp³-hybridized carbons (Fsp3) is 0.346. The monoisotopic (exact) mass is 527 g/mol. The predicted octanol–water partition coefficient (Wildman–Crippen LogP) is 6.47. The molecular formula is C26H30ClN5O3S. The van der Waals surface area contributed by atoms with Gasteiger partial charge in [-0.1, -0.05) is 17.7 Å². The molecule has 10 heteroatoms. The maximum Gasteiger partial charge on any atom is 0.229 e. The highest BCUT2D eigenvalue weighted by Gasteiger charge is 2.25. The molecule has 0 radical (unpaired) electrons. The van der Waals surface area contributed by atoms with Crippen LogP contribution >= 0.6 is 11.6 Å². The molecule has 2 heterocycles. The summed E-state index contributed by atoms with van der Waals surface area (Å²) < 4.78 is 31.2. The van der Waals surface area contributed by atoms with Crippen LogP contribution in [0.1, 0.15) is 50.7 Å². The Morgan fingerprint density at radius 2 is 1.92 bits per heavy atom. The van der Waals surface area contributed by atoms with Crippen molar-refractivity contribution in [3.63, 3.8) is 0 Å². The van der Waals surface area contributed by atoms with Crippen molar-refractivity contribution >= 4 is 50.2 Å². The van der Waals surface area contributed by atoms with Gasteiger partial charge in [-0.2, -0.15) is 4.98 Å². The number of rotatable bonds is 8. The smallest absolute Gasteiger partial charge is 0.229 e. The largest absolute Gasteiger partial charge is 0.495 e. The lowest BCUT2D eigenvalue weighted by Crippen LogP contribution is -2.17. The van der Waals surface area contributed by atoms with E-state index in [1.54, 1.807) is 33.1 Å². The van der Waals surface area contributed by atoms with Crippen molar-refractivity contribution in [1.29, 1.82) is 0 Å². The van der Waals surface area contributed by atoms with Crippen molar-refractivity contribution in [3.05, 3.63) is 58.9 Å². The molecule has 0 saturated carbocycles. The Balaban J connectivity index is 1.65. The van der Waals surface area contributed by atoms with E-state index in [1.807, 2.05) is 12.1 Å². The molecule has 0 amide bonds. The number of allylic oxidation sites excluding steroid dienone is 2. The molecule has 0 fully saturated rings. The van der Waals surface area contributed by atoms with Gasteiger partial charge < -0.3 is 15.4 Å². The zero-order chi connectivity index (χ0) is 25.9. The average Bonchev–Trinajstić information content (AvgIpc) is 2.87. The van der Waals surface area contributed by atoms with E-state index in [0.717, 1.165) is 18.4 Å². The first kappa shape index (κ1) is 25.9. The van der Waals surface area contributed by atoms with Crippen molar-refractivity contribution in [2.75, 3.05) is 17.7 Å². The van der Waals surface area contributed by atoms with E-state index in [2.05, 4.69) is 38.6 Å². The first-order valence-electron chi connectivity index (χ1n) is 11.8. The first-order chi connectivity index (χ1) is 17.2. The Morgan fingerprint density at radius 1 is 1.11 bits per heavy atom. The van der Waals surface area contributed by atoms with Crippen LogP contribution in [-0.4, -0.2) is 35.7 Å². The summed E-state index contributed by atoms with van der Waals surface area (Å²) in [7, 11) is -1.99. The van der Waals surface area contributed by atoms with Gasteiger partial charge in [-0.15, -0.1) is 0 Å². The quantitative estimate of drug-likeness (QED) is 0.343. The van der Waals surface area contributed by atoms with Gasteiger partial charge in [0.15, 0.2) is 20.7 Å². The van der Waals surface area contributed by atoms with Crippen LogP contribution < -0.4 is 15.4 Å². The van der Waals surface area contributed by atoms with Crippen LogP contribution in [0.4, 0.5) is 23.1 Å². The molecule has 0 atom stereocenters. The normalized spacial score (nSPS) is 13.9. The molecule has 0 spiro atoms. The Hall–Kier alpha value is -3.17. The third-order valence-electron chi connectivity index (χ3n) is 6.09. The second-order valence-electron chi connectivity index (χ2n) is 8.93. The van der Waals surface area contributed by atoms with Crippen molar-refractivity contribution in [1.82, 2.24) is 15.0 Å². The fourth-order valence-corrected chi connectivity index (χ4v) is 5.30. The van der Waals surface area contributed by atoms with E-state index in [4.69, 9.17) is 16.3 Å². The van der Waals surface area contributed by atoms with Gasteiger partial charge in [0, 0.05) is 6.20 Å². The molecule has 4 rings (SSSR count). The highest BCUT2D eigenvalue weighted by Crippen LogP contribution is 2.37. The number of hydrogen-bond donors (Lipinski definition) is 2. The van der Waals surface area contributed by atoms with Crippen LogP contribution in [0.15, 0.2) is 47.8 Å². The SMILES string of the molecule is COc1cc(C2=CCCCC2)c(C)cc1Nc1ncc(Cl)c(Nc2cccnc2S(=O)(=O)C(C)C)n1. The van der Waals surface area contributed by atoms with Gasteiger partial charge in [0.1, 0.15) is 10.8 Å². The number of sulfone groups is 1. The Bertz CT molecular complexity index is 1410. The minimum Gasteiger partial charge on any atom is -0.495 e. The number of pyridine rings is 1. The summed E-state index contributed by atoms with van der Waals surface area (Å²) in [4.78, 5) is 12.9. The fourth-order valence-electron chi connectivity index (χ4n) is 4.08. The summed E-state index contributed by atoms with van der Waals surface area (Å²) >= 11 is 6.35. The predicted molar refractivity (Wildman–Crippen MR) is 144 cm³/mol. The number of methoxy groups -OCH3 is 1. The number of benzene rings is 1. The van der Waals surface area contributed by atoms with E-state index in [0.29, 0.717) is 11.4 Å². The first-order valence-corrected chi connectivity index (χ1v) is 13.8. The molecule has 2 aromatic heterocycles. The van der Waals surface area contributed by atoms with E-state index in [-0.39, 0.29) is 27.5 Å². The summed E-state index contributed by atoms with van der Waals surface area (Å²) in [6, 6.07) is 7.33. The van der Waals surface area contributed by atoms with Crippen LogP contribution in [0.25, 0.3) is 5.57 Å². The molecular weight excluding hydrogens is 498 g/mol. The minimum atomic E-state index is -3.62. The lowest BCUT2D eigenvalue weighted by atomic mass is 9.90. The summed E-state index contributed by atoms with van der Waals surface area (Å²) in [5.74, 6) is 1.20. The molecule has 0 saturated heterocycles. The summed E-state index contributed by atoms with van der Waals surface area (Å²) in [5, 5.41) is 5.77. The molecule has 0 unspecified atom stereocenters. The Morgan fingerprint density at radius 3 is 2.61 bits per heavy atom. The summed E-state index contributed by atoms with van der Waals surface area (Å²) in [6.07, 6.45) is 9.79. The van der Waals surface area contributed by atoms with Gasteiger partial charge in [-0.3, -0.25) is 0 Å². The summed E-state index contributed by atoms with van der Waals surface area (Å²) in [6.45, 7) is 5.29. The standard InChI is InChI=1S/C26H30ClN5O3S/c1-16(2)36(33,34)25-21(11-8-12-28-25)30-24-20(27)15-29-26(32-24)31-22-13-17(3)19(14-23(22)35-4)18-9-6-5-7-10-18/h8-9,11-16H,5-7,10H2,1-4H3,(H2,29,30,31,32). The van der Waals surface area contributed by atoms with Crippen LogP contribution in [0, 0.1) is 6.92 Å². The maximum absolute atomic E-state index is 12.8. The highest BCUT2D eigenvalue weighted by molar-refractivity contribution is 7.92. The Labute approximate surface area is 217 Å². The third-order valence-corrected chi connectivity index (χ3v) is 8.47. The van der Waals surface area contributed by atoms with E-state index < -0.39 is 15.1 Å². The van der Waals surface area contributed by atoms with E-state index in [1.165, 1.54) is 36.4 Å². The van der Waals surface area contributed by atoms with Crippen molar-refractivity contribution < 1.29 is 13.2 Å². The van der Waals surface area contributed by atoms with Crippen LogP contribution in [-0.2, 0) is 9.84 Å². The van der Waals surface area contributed by atoms with E-state index >= 15 is 0 Å². The van der Waals surface area contributed by atoms with Crippen molar-refractivity contribution in [3.8, 4) is 5.75 Å². The van der Waals surface area contributed by atoms with Gasteiger partial charge in [0.05, 0.1) is 29.9 Å². The lowest BCUT2D eigenvalue weighted by molar-refractivity contribution is 0.416. The van der Waals surface area contributed by atoms with Crippen LogP contribution in [0.3, 0.4) is 0 Å². The summed E-state index contributed by atoms with van der Waals surface area (Å²) in [5.41, 5.74) is 4.66. The van der Waals surface area contributed by atoms with Gasteiger partial charge in [-0.05, 0) is 87.4 Å². The third kappa shape index (κ3) is 5.47. The van der Waals surface area contributed by atoms with Crippen LogP contribution in [0.5, 0.6) is 5.75 Å². The number of ether oxygens (including phenoxy) is 1. The van der Waals surface area contributed by atoms with Gasteiger partial charge in [-0.25, -0.2) is 18.4 Å². The maximum atomic E-state index is 12.8.